The van der Waals surface area contributed by atoms with Gasteiger partial charge >= 0.3 is 0 Å². The van der Waals surface area contributed by atoms with Gasteiger partial charge in [-0.15, -0.1) is 0 Å². The zero-order valence-electron chi connectivity index (χ0n) is 10.4. The summed E-state index contributed by atoms with van der Waals surface area (Å²) in [5.41, 5.74) is 0.864. The molecule has 0 amide bonds. The summed E-state index contributed by atoms with van der Waals surface area (Å²) in [4.78, 5) is 0. The monoisotopic (exact) mass is 235 g/mol. The van der Waals surface area contributed by atoms with E-state index < -0.39 is 0 Å². The van der Waals surface area contributed by atoms with Crippen LogP contribution in [0.5, 0.6) is 5.75 Å². The van der Waals surface area contributed by atoms with Crippen molar-refractivity contribution in [2.45, 2.75) is 39.0 Å². The van der Waals surface area contributed by atoms with Crippen molar-refractivity contribution in [1.29, 1.82) is 0 Å². The molecule has 0 bridgehead atoms. The molecule has 0 atom stereocenters. The first-order valence-electron chi connectivity index (χ1n) is 6.27. The highest BCUT2D eigenvalue weighted by Crippen LogP contribution is 2.12. The smallest absolute Gasteiger partial charge is 0.119 e. The third-order valence-corrected chi connectivity index (χ3v) is 2.60. The Balaban J connectivity index is 2.18. The highest BCUT2D eigenvalue weighted by atomic mass is 16.5. The molecule has 0 radical (unpaired) electrons. The minimum Gasteiger partial charge on any atom is -0.494 e. The van der Waals surface area contributed by atoms with E-state index in [4.69, 9.17) is 9.94 Å². The van der Waals surface area contributed by atoms with Crippen LogP contribution in [0.25, 0.3) is 0 Å². The van der Waals surface area contributed by atoms with E-state index in [9.17, 15) is 0 Å². The van der Waals surface area contributed by atoms with Gasteiger partial charge in [-0.3, -0.25) is 0 Å². The lowest BCUT2D eigenvalue weighted by molar-refractivity contribution is 0.304. The minimum absolute atomic E-state index is 0.775. The molecule has 0 aromatic heterocycles. The van der Waals surface area contributed by atoms with Crippen molar-refractivity contribution in [2.75, 3.05) is 6.61 Å². The molecule has 1 aromatic rings. The summed E-state index contributed by atoms with van der Waals surface area (Å²) in [6.45, 7) is 2.99. The van der Waals surface area contributed by atoms with Crippen LogP contribution >= 0.6 is 0 Å². The van der Waals surface area contributed by atoms with Crippen LogP contribution in [0.1, 0.15) is 44.6 Å². The molecule has 3 heteroatoms. The second kappa shape index (κ2) is 8.62. The van der Waals surface area contributed by atoms with Crippen molar-refractivity contribution in [3.8, 4) is 5.75 Å². The fourth-order valence-electron chi connectivity index (χ4n) is 1.61. The average molecular weight is 235 g/mol. The second-order valence-electron chi connectivity index (χ2n) is 4.08. The molecule has 0 fully saturated rings. The Morgan fingerprint density at radius 3 is 2.47 bits per heavy atom. The molecule has 0 aliphatic heterocycles. The van der Waals surface area contributed by atoms with Crippen LogP contribution in [-0.2, 0) is 0 Å². The van der Waals surface area contributed by atoms with Crippen molar-refractivity contribution in [2.24, 2.45) is 5.16 Å². The average Bonchev–Trinajstić information content (AvgIpc) is 2.36. The Labute approximate surface area is 103 Å². The second-order valence-corrected chi connectivity index (χ2v) is 4.08. The first kappa shape index (κ1) is 13.6. The maximum absolute atomic E-state index is 8.37. The first-order valence-corrected chi connectivity index (χ1v) is 6.27. The van der Waals surface area contributed by atoms with Crippen molar-refractivity contribution < 1.29 is 9.94 Å². The Morgan fingerprint density at radius 2 is 1.82 bits per heavy atom. The van der Waals surface area contributed by atoms with Gasteiger partial charge in [0.15, 0.2) is 0 Å². The predicted molar refractivity (Wildman–Crippen MR) is 70.1 cm³/mol. The van der Waals surface area contributed by atoms with Crippen LogP contribution in [0.15, 0.2) is 29.4 Å². The van der Waals surface area contributed by atoms with Crippen LogP contribution in [0.4, 0.5) is 0 Å². The lowest BCUT2D eigenvalue weighted by Crippen LogP contribution is -1.97. The van der Waals surface area contributed by atoms with E-state index in [1.807, 2.05) is 24.3 Å². The van der Waals surface area contributed by atoms with Gasteiger partial charge in [0, 0.05) is 0 Å². The Morgan fingerprint density at radius 1 is 1.12 bits per heavy atom. The molecule has 1 N–H and O–H groups in total. The number of ether oxygens (including phenoxy) is 1. The van der Waals surface area contributed by atoms with Crippen molar-refractivity contribution >= 4 is 6.21 Å². The molecular weight excluding hydrogens is 214 g/mol. The van der Waals surface area contributed by atoms with E-state index in [1.165, 1.54) is 31.9 Å². The van der Waals surface area contributed by atoms with Gasteiger partial charge in [-0.25, -0.2) is 0 Å². The van der Waals surface area contributed by atoms with Crippen LogP contribution in [0.3, 0.4) is 0 Å². The van der Waals surface area contributed by atoms with Gasteiger partial charge in [0.05, 0.1) is 12.8 Å². The van der Waals surface area contributed by atoms with E-state index in [0.717, 1.165) is 24.3 Å². The van der Waals surface area contributed by atoms with Crippen LogP contribution in [0.2, 0.25) is 0 Å². The van der Waals surface area contributed by atoms with Crippen LogP contribution in [0, 0.1) is 0 Å². The van der Waals surface area contributed by atoms with Crippen LogP contribution in [-0.4, -0.2) is 18.0 Å². The molecule has 0 aliphatic rings. The lowest BCUT2D eigenvalue weighted by atomic mass is 10.2. The summed E-state index contributed by atoms with van der Waals surface area (Å²) in [5.74, 6) is 0.871. The molecule has 0 spiro atoms. The third-order valence-electron chi connectivity index (χ3n) is 2.60. The standard InChI is InChI=1S/C14H21NO2/c1-2-3-4-5-6-11-17-14-9-7-13(8-10-14)12-15-16/h7-10,12,16H,2-6,11H2,1H3/b15-12+. The van der Waals surface area contributed by atoms with Gasteiger partial charge in [0.1, 0.15) is 5.75 Å². The maximum atomic E-state index is 8.37. The molecule has 1 aromatic carbocycles. The highest BCUT2D eigenvalue weighted by Gasteiger charge is 1.94. The van der Waals surface area contributed by atoms with Gasteiger partial charge in [-0.1, -0.05) is 37.8 Å². The number of rotatable bonds is 8. The zero-order chi connectivity index (χ0) is 12.3. The van der Waals surface area contributed by atoms with Crippen molar-refractivity contribution in [3.05, 3.63) is 29.8 Å². The van der Waals surface area contributed by atoms with Gasteiger partial charge in [0.2, 0.25) is 0 Å². The summed E-state index contributed by atoms with van der Waals surface area (Å²) in [7, 11) is 0. The molecule has 0 saturated carbocycles. The summed E-state index contributed by atoms with van der Waals surface area (Å²) >= 11 is 0. The van der Waals surface area contributed by atoms with E-state index >= 15 is 0 Å². The van der Waals surface area contributed by atoms with Gasteiger partial charge in [0.25, 0.3) is 0 Å². The van der Waals surface area contributed by atoms with Crippen LogP contribution < -0.4 is 4.74 Å². The summed E-state index contributed by atoms with van der Waals surface area (Å²) < 4.78 is 5.61. The number of benzene rings is 1. The molecule has 17 heavy (non-hydrogen) atoms. The molecule has 1 rings (SSSR count). The number of oxime groups is 1. The van der Waals surface area contributed by atoms with Crippen molar-refractivity contribution in [3.63, 3.8) is 0 Å². The molecule has 3 nitrogen and oxygen atoms in total. The molecule has 94 valence electrons. The predicted octanol–water partition coefficient (Wildman–Crippen LogP) is 3.84. The summed E-state index contributed by atoms with van der Waals surface area (Å²) in [6, 6.07) is 7.52. The normalized spacial score (nSPS) is 10.9. The molecule has 0 aliphatic carbocycles. The van der Waals surface area contributed by atoms with Crippen molar-refractivity contribution in [1.82, 2.24) is 0 Å². The SMILES string of the molecule is CCCCCCCOc1ccc(/C=N/O)cc1. The quantitative estimate of drug-likeness (QED) is 0.322. The minimum atomic E-state index is 0.775. The highest BCUT2D eigenvalue weighted by molar-refractivity contribution is 5.79. The first-order chi connectivity index (χ1) is 8.36. The number of hydrogen-bond donors (Lipinski definition) is 1. The Hall–Kier alpha value is -1.51. The van der Waals surface area contributed by atoms with E-state index in [1.54, 1.807) is 0 Å². The fourth-order valence-corrected chi connectivity index (χ4v) is 1.61. The topological polar surface area (TPSA) is 41.8 Å². The Bertz CT molecular complexity index is 319. The number of hydrogen-bond acceptors (Lipinski definition) is 3. The van der Waals surface area contributed by atoms with E-state index in [-0.39, 0.29) is 0 Å². The summed E-state index contributed by atoms with van der Waals surface area (Å²) in [6.07, 6.45) is 7.63. The fraction of sp³-hybridized carbons (Fsp3) is 0.500. The number of unbranched alkanes of at least 4 members (excludes halogenated alkanes) is 4. The molecule has 0 unspecified atom stereocenters. The van der Waals surface area contributed by atoms with E-state index in [0.29, 0.717) is 0 Å². The van der Waals surface area contributed by atoms with Gasteiger partial charge in [-0.2, -0.15) is 0 Å². The third kappa shape index (κ3) is 5.95. The molecule has 0 heterocycles. The lowest BCUT2D eigenvalue weighted by Gasteiger charge is -2.05. The van der Waals surface area contributed by atoms with Gasteiger partial charge < -0.3 is 9.94 Å². The maximum Gasteiger partial charge on any atom is 0.119 e. The van der Waals surface area contributed by atoms with E-state index in [2.05, 4.69) is 12.1 Å². The summed E-state index contributed by atoms with van der Waals surface area (Å²) in [5, 5.41) is 11.3. The number of nitrogens with zero attached hydrogens (tertiary/aromatic N) is 1. The Kier molecular flexibility index (Phi) is 6.87. The molecular formula is C14H21NO2. The largest absolute Gasteiger partial charge is 0.494 e. The zero-order valence-corrected chi connectivity index (χ0v) is 10.4. The molecule has 0 saturated heterocycles. The van der Waals surface area contributed by atoms with Gasteiger partial charge in [-0.05, 0) is 36.2 Å².